The molecule has 224 valence electrons. The highest BCUT2D eigenvalue weighted by Crippen LogP contribution is 2.34. The molecule has 1 aliphatic carbocycles. The van der Waals surface area contributed by atoms with Crippen molar-refractivity contribution in [3.63, 3.8) is 0 Å². The van der Waals surface area contributed by atoms with Crippen molar-refractivity contribution < 1.29 is 9.90 Å². The van der Waals surface area contributed by atoms with Gasteiger partial charge in [0.25, 0.3) is 11.5 Å². The zero-order valence-corrected chi connectivity index (χ0v) is 25.6. The number of amides is 1. The third-order valence-corrected chi connectivity index (χ3v) is 9.81. The average Bonchev–Trinajstić information content (AvgIpc) is 3.41. The molecule has 5 N–H and O–H groups in total. The maximum Gasteiger partial charge on any atom is 0.293 e. The number of hydrogen-bond donors (Lipinski definition) is 4. The van der Waals surface area contributed by atoms with Gasteiger partial charge in [0.15, 0.2) is 5.82 Å². The standard InChI is InChI=1S/C33H38N6O3S/c1-19-7-10-29-21(15-19)16-30(43-29)32(41)37-26-6-4-5-24(20(26)2)27-18-38(3)33(42)31(36-27)35-22-8-9-28(25(34)17-22)39-13-11-23(40)12-14-39/h4-6,8-9,16-19,23,40H,7,10-15,34H2,1-3H3,(H,35,36)(H,37,41). The number of nitrogens with zero attached hydrogens (tertiary/aromatic N) is 3. The summed E-state index contributed by atoms with van der Waals surface area (Å²) in [7, 11) is 1.70. The van der Waals surface area contributed by atoms with Crippen LogP contribution < -0.4 is 26.8 Å². The van der Waals surface area contributed by atoms with E-state index in [1.165, 1.54) is 21.4 Å². The van der Waals surface area contributed by atoms with E-state index in [0.29, 0.717) is 41.5 Å². The van der Waals surface area contributed by atoms with Crippen LogP contribution in [0, 0.1) is 12.8 Å². The molecule has 43 heavy (non-hydrogen) atoms. The highest BCUT2D eigenvalue weighted by atomic mass is 32.1. The van der Waals surface area contributed by atoms with E-state index in [1.54, 1.807) is 30.6 Å². The van der Waals surface area contributed by atoms with Crippen molar-refractivity contribution in [2.75, 3.05) is 34.4 Å². The second kappa shape index (κ2) is 11.9. The minimum Gasteiger partial charge on any atom is -0.397 e. The van der Waals surface area contributed by atoms with Crippen LogP contribution in [0.15, 0.2) is 53.5 Å². The van der Waals surface area contributed by atoms with Crippen LogP contribution in [-0.4, -0.2) is 39.8 Å². The summed E-state index contributed by atoms with van der Waals surface area (Å²) in [6.45, 7) is 5.70. The van der Waals surface area contributed by atoms with E-state index in [9.17, 15) is 14.7 Å². The minimum atomic E-state index is -0.269. The van der Waals surface area contributed by atoms with E-state index in [2.05, 4.69) is 22.5 Å². The first-order valence-corrected chi connectivity index (χ1v) is 15.7. The molecule has 2 aromatic heterocycles. The third-order valence-electron chi connectivity index (χ3n) is 8.58. The highest BCUT2D eigenvalue weighted by Gasteiger charge is 2.22. The summed E-state index contributed by atoms with van der Waals surface area (Å²) in [6, 6.07) is 13.4. The Kier molecular flexibility index (Phi) is 7.98. The van der Waals surface area contributed by atoms with Gasteiger partial charge in [-0.1, -0.05) is 19.1 Å². The second-order valence-electron chi connectivity index (χ2n) is 11.8. The number of nitrogens with two attached hydrogens (primary N) is 1. The summed E-state index contributed by atoms with van der Waals surface area (Å²) in [5.74, 6) is 0.725. The number of carbonyl (C=O) groups excluding carboxylic acids is 1. The number of nitrogens with one attached hydrogen (secondary N) is 2. The van der Waals surface area contributed by atoms with Gasteiger partial charge in [0.05, 0.1) is 28.0 Å². The van der Waals surface area contributed by atoms with Crippen molar-refractivity contribution >= 4 is 45.8 Å². The van der Waals surface area contributed by atoms with Crippen LogP contribution in [0.4, 0.5) is 28.6 Å². The molecule has 6 rings (SSSR count). The summed E-state index contributed by atoms with van der Waals surface area (Å²) in [5.41, 5.74) is 12.6. The Morgan fingerprint density at radius 3 is 2.70 bits per heavy atom. The van der Waals surface area contributed by atoms with E-state index in [4.69, 9.17) is 10.7 Å². The van der Waals surface area contributed by atoms with Crippen LogP contribution in [0.2, 0.25) is 0 Å². The molecule has 4 aromatic rings. The van der Waals surface area contributed by atoms with Crippen LogP contribution in [0.5, 0.6) is 0 Å². The third kappa shape index (κ3) is 6.03. The first-order chi connectivity index (χ1) is 20.7. The number of fused-ring (bicyclic) bond motifs is 1. The molecule has 1 atom stereocenters. The van der Waals surface area contributed by atoms with Gasteiger partial charge in [-0.2, -0.15) is 0 Å². The number of thiophene rings is 1. The molecule has 1 fully saturated rings. The molecule has 3 heterocycles. The van der Waals surface area contributed by atoms with Crippen molar-refractivity contribution in [3.05, 3.63) is 79.9 Å². The van der Waals surface area contributed by atoms with Crippen LogP contribution in [0.1, 0.15) is 51.9 Å². The van der Waals surface area contributed by atoms with Gasteiger partial charge in [0.2, 0.25) is 0 Å². The average molecular weight is 599 g/mol. The zero-order chi connectivity index (χ0) is 30.2. The van der Waals surface area contributed by atoms with Gasteiger partial charge in [-0.25, -0.2) is 4.98 Å². The Bertz CT molecular complexity index is 1740. The van der Waals surface area contributed by atoms with Gasteiger partial charge in [0, 0.05) is 48.1 Å². The number of anilines is 5. The summed E-state index contributed by atoms with van der Waals surface area (Å²) in [5, 5.41) is 16.1. The molecule has 0 bridgehead atoms. The molecule has 1 amide bonds. The summed E-state index contributed by atoms with van der Waals surface area (Å²) >= 11 is 1.60. The van der Waals surface area contributed by atoms with E-state index in [0.717, 1.165) is 47.6 Å². The van der Waals surface area contributed by atoms with Gasteiger partial charge in [-0.15, -0.1) is 11.3 Å². The van der Waals surface area contributed by atoms with E-state index >= 15 is 0 Å². The monoisotopic (exact) mass is 598 g/mol. The number of rotatable bonds is 6. The largest absolute Gasteiger partial charge is 0.397 e. The van der Waals surface area contributed by atoms with Crippen LogP contribution in [0.3, 0.4) is 0 Å². The number of aliphatic hydroxyl groups is 1. The molecule has 1 aliphatic heterocycles. The molecule has 1 saturated heterocycles. The molecule has 0 saturated carbocycles. The van der Waals surface area contributed by atoms with Gasteiger partial charge in [-0.05, 0) is 86.4 Å². The maximum atomic E-state index is 13.2. The van der Waals surface area contributed by atoms with E-state index in [-0.39, 0.29) is 23.4 Å². The van der Waals surface area contributed by atoms with Crippen LogP contribution in [-0.2, 0) is 19.9 Å². The lowest BCUT2D eigenvalue weighted by atomic mass is 9.90. The Hall–Kier alpha value is -4.15. The number of piperidine rings is 1. The van der Waals surface area contributed by atoms with Crippen LogP contribution >= 0.6 is 11.3 Å². The quantitative estimate of drug-likeness (QED) is 0.217. The van der Waals surface area contributed by atoms with Gasteiger partial charge < -0.3 is 30.9 Å². The fraction of sp³-hybridized carbons (Fsp3) is 0.364. The topological polar surface area (TPSA) is 126 Å². The van der Waals surface area contributed by atoms with Crippen molar-refractivity contribution in [3.8, 4) is 11.3 Å². The Labute approximate surface area is 255 Å². The number of nitrogen functional groups attached to an aromatic ring is 1. The summed E-state index contributed by atoms with van der Waals surface area (Å²) in [4.78, 5) is 35.2. The van der Waals surface area contributed by atoms with Gasteiger partial charge in [-0.3, -0.25) is 9.59 Å². The number of aryl methyl sites for hydroxylation is 2. The first-order valence-electron chi connectivity index (χ1n) is 14.9. The lowest BCUT2D eigenvalue weighted by molar-refractivity contribution is 0.103. The molecular formula is C33H38N6O3S. The normalized spacial score (nSPS) is 17.0. The Morgan fingerprint density at radius 1 is 1.14 bits per heavy atom. The molecule has 1 unspecified atom stereocenters. The smallest absolute Gasteiger partial charge is 0.293 e. The highest BCUT2D eigenvalue weighted by molar-refractivity contribution is 7.14. The number of aliphatic hydroxyl groups excluding tert-OH is 1. The van der Waals surface area contributed by atoms with E-state index < -0.39 is 0 Å². The van der Waals surface area contributed by atoms with Crippen LogP contribution in [0.25, 0.3) is 11.3 Å². The predicted octanol–water partition coefficient (Wildman–Crippen LogP) is 5.48. The number of carbonyl (C=O) groups is 1. The van der Waals surface area contributed by atoms with Crippen molar-refractivity contribution in [2.45, 2.75) is 52.1 Å². The summed E-state index contributed by atoms with van der Waals surface area (Å²) < 4.78 is 1.50. The Morgan fingerprint density at radius 2 is 1.93 bits per heavy atom. The van der Waals surface area contributed by atoms with Gasteiger partial charge in [0.1, 0.15) is 0 Å². The lowest BCUT2D eigenvalue weighted by Gasteiger charge is -2.32. The maximum absolute atomic E-state index is 13.2. The number of aromatic nitrogens is 2. The lowest BCUT2D eigenvalue weighted by Crippen LogP contribution is -2.36. The predicted molar refractivity (Wildman–Crippen MR) is 175 cm³/mol. The fourth-order valence-electron chi connectivity index (χ4n) is 6.03. The van der Waals surface area contributed by atoms with E-state index in [1.807, 2.05) is 43.3 Å². The zero-order valence-electron chi connectivity index (χ0n) is 24.8. The van der Waals surface area contributed by atoms with Gasteiger partial charge >= 0.3 is 0 Å². The summed E-state index contributed by atoms with van der Waals surface area (Å²) in [6.07, 6.45) is 6.11. The first kappa shape index (κ1) is 28.9. The Balaban J connectivity index is 1.23. The molecule has 2 aromatic carbocycles. The fourth-order valence-corrected chi connectivity index (χ4v) is 7.13. The molecule has 0 radical (unpaired) electrons. The van der Waals surface area contributed by atoms with Crippen molar-refractivity contribution in [1.29, 1.82) is 0 Å². The molecule has 9 nitrogen and oxygen atoms in total. The molecule has 2 aliphatic rings. The number of benzene rings is 2. The van der Waals surface area contributed by atoms with Crippen molar-refractivity contribution in [2.24, 2.45) is 13.0 Å². The minimum absolute atomic E-state index is 0.107. The molecular weight excluding hydrogens is 560 g/mol. The second-order valence-corrected chi connectivity index (χ2v) is 13.0. The SMILES string of the molecule is Cc1c(NC(=O)c2cc3c(s2)CCC(C)C3)cccc1-c1cn(C)c(=O)c(Nc2ccc(N3CCC(O)CC3)c(N)c2)n1. The molecule has 10 heteroatoms. The van der Waals surface area contributed by atoms with Crippen molar-refractivity contribution in [1.82, 2.24) is 9.55 Å². The molecule has 0 spiro atoms. The number of hydrogen-bond acceptors (Lipinski definition) is 8.